The Hall–Kier alpha value is -2.37. The first kappa shape index (κ1) is 17.5. The number of aryl methyl sites for hydroxylation is 1. The summed E-state index contributed by atoms with van der Waals surface area (Å²) in [7, 11) is 0. The van der Waals surface area contributed by atoms with E-state index in [1.54, 1.807) is 6.26 Å². The molecule has 2 aromatic carbocycles. The second-order valence-corrected chi connectivity index (χ2v) is 6.73. The second kappa shape index (κ2) is 8.14. The predicted octanol–water partition coefficient (Wildman–Crippen LogP) is 3.64. The van der Waals surface area contributed by atoms with E-state index in [4.69, 9.17) is 4.42 Å². The van der Waals surface area contributed by atoms with Crippen LogP contribution in [0.1, 0.15) is 22.9 Å². The molecule has 3 N–H and O–H groups in total. The third kappa shape index (κ3) is 4.59. The van der Waals surface area contributed by atoms with Crippen LogP contribution in [0.25, 0.3) is 0 Å². The predicted molar refractivity (Wildman–Crippen MR) is 101 cm³/mol. The molecule has 0 spiro atoms. The van der Waals surface area contributed by atoms with E-state index < -0.39 is 0 Å². The molecule has 4 nitrogen and oxygen atoms in total. The molecule has 1 amide bonds. The molecule has 0 fully saturated rings. The minimum atomic E-state index is -0.0583. The highest BCUT2D eigenvalue weighted by Crippen LogP contribution is 2.23. The quantitative estimate of drug-likeness (QED) is 0.664. The number of halogens is 1. The fraction of sp³-hybridized carbons (Fsp3) is 0.150. The Morgan fingerprint density at radius 2 is 1.96 bits per heavy atom. The molecule has 0 unspecified atom stereocenters. The van der Waals surface area contributed by atoms with Gasteiger partial charge >= 0.3 is 0 Å². The summed E-state index contributed by atoms with van der Waals surface area (Å²) in [5.74, 6) is 0.771. The molecular weight excluding hydrogens is 380 g/mol. The number of hydrogen-bond donors (Lipinski definition) is 2. The molecular formula is C20H20BrN2O2+. The zero-order chi connectivity index (χ0) is 17.6. The van der Waals surface area contributed by atoms with E-state index in [1.165, 1.54) is 0 Å². The lowest BCUT2D eigenvalue weighted by molar-refractivity contribution is -0.678. The molecule has 3 rings (SSSR count). The van der Waals surface area contributed by atoms with Crippen LogP contribution in [0.3, 0.4) is 0 Å². The molecule has 1 heterocycles. The van der Waals surface area contributed by atoms with Gasteiger partial charge in [0.25, 0.3) is 5.91 Å². The summed E-state index contributed by atoms with van der Waals surface area (Å²) in [6.45, 7) is 2.30. The molecule has 128 valence electrons. The van der Waals surface area contributed by atoms with Crippen molar-refractivity contribution >= 4 is 27.5 Å². The van der Waals surface area contributed by atoms with Crippen molar-refractivity contribution in [1.29, 1.82) is 0 Å². The number of rotatable bonds is 6. The van der Waals surface area contributed by atoms with Crippen LogP contribution in [0.2, 0.25) is 0 Å². The lowest BCUT2D eigenvalue weighted by atomic mass is 10.0. The number of benzene rings is 2. The number of carbonyl (C=O) groups excluding carboxylic acids is 1. The van der Waals surface area contributed by atoms with Gasteiger partial charge in [-0.25, -0.2) is 0 Å². The lowest BCUT2D eigenvalue weighted by Crippen LogP contribution is -2.87. The summed E-state index contributed by atoms with van der Waals surface area (Å²) in [6, 6.07) is 19.6. The molecule has 0 saturated carbocycles. The van der Waals surface area contributed by atoms with E-state index in [2.05, 4.69) is 21.2 Å². The Bertz CT molecular complexity index is 832. The first-order valence-electron chi connectivity index (χ1n) is 8.11. The highest BCUT2D eigenvalue weighted by Gasteiger charge is 2.21. The van der Waals surface area contributed by atoms with Crippen LogP contribution < -0.4 is 10.6 Å². The highest BCUT2D eigenvalue weighted by atomic mass is 79.9. The Morgan fingerprint density at radius 1 is 1.16 bits per heavy atom. The number of hydrogen-bond acceptors (Lipinski definition) is 2. The number of quaternary nitrogens is 1. The molecule has 5 heteroatoms. The second-order valence-electron chi connectivity index (χ2n) is 5.88. The number of nitrogens with two attached hydrogens (primary N) is 1. The molecule has 1 atom stereocenters. The van der Waals surface area contributed by atoms with Crippen molar-refractivity contribution in [3.8, 4) is 0 Å². The normalized spacial score (nSPS) is 11.9. The highest BCUT2D eigenvalue weighted by molar-refractivity contribution is 9.10. The molecule has 0 aliphatic rings. The van der Waals surface area contributed by atoms with Crippen LogP contribution in [0.5, 0.6) is 0 Å². The largest absolute Gasteiger partial charge is 0.463 e. The standard InChI is InChI=1S/C20H19BrN2O2/c1-14-9-10-17(16(21)12-14)23-19(24)13-22-20(18-8-5-11-25-18)15-6-3-2-4-7-15/h2-12,20,22H,13H2,1H3,(H,23,24)/p+1/t20-/m0/s1. The molecule has 0 radical (unpaired) electrons. The Labute approximate surface area is 155 Å². The Balaban J connectivity index is 1.68. The van der Waals surface area contributed by atoms with Crippen LogP contribution in [-0.2, 0) is 4.79 Å². The van der Waals surface area contributed by atoms with Gasteiger partial charge in [0.1, 0.15) is 0 Å². The van der Waals surface area contributed by atoms with Crippen molar-refractivity contribution in [2.75, 3.05) is 11.9 Å². The SMILES string of the molecule is Cc1ccc(NC(=O)C[NH2+][C@@H](c2ccccc2)c2ccco2)c(Br)c1. The molecule has 0 aliphatic carbocycles. The fourth-order valence-electron chi connectivity index (χ4n) is 2.69. The average Bonchev–Trinajstić information content (AvgIpc) is 3.13. The van der Waals surface area contributed by atoms with Gasteiger partial charge in [0.05, 0.1) is 12.0 Å². The molecule has 0 bridgehead atoms. The smallest absolute Gasteiger partial charge is 0.279 e. The molecule has 3 aromatic rings. The molecule has 0 aliphatic heterocycles. The van der Waals surface area contributed by atoms with Gasteiger partial charge < -0.3 is 15.1 Å². The number of amides is 1. The zero-order valence-electron chi connectivity index (χ0n) is 13.9. The van der Waals surface area contributed by atoms with Crippen molar-refractivity contribution in [3.05, 3.63) is 88.3 Å². The summed E-state index contributed by atoms with van der Waals surface area (Å²) < 4.78 is 6.44. The number of carbonyl (C=O) groups is 1. The van der Waals surface area contributed by atoms with Crippen LogP contribution >= 0.6 is 15.9 Å². The molecule has 25 heavy (non-hydrogen) atoms. The van der Waals surface area contributed by atoms with E-state index >= 15 is 0 Å². The average molecular weight is 400 g/mol. The number of furan rings is 1. The van der Waals surface area contributed by atoms with E-state index in [1.807, 2.05) is 72.9 Å². The van der Waals surface area contributed by atoms with Crippen LogP contribution in [0.15, 0.2) is 75.8 Å². The van der Waals surface area contributed by atoms with Gasteiger partial charge in [-0.05, 0) is 52.7 Å². The van der Waals surface area contributed by atoms with Crippen molar-refractivity contribution < 1.29 is 14.5 Å². The minimum Gasteiger partial charge on any atom is -0.463 e. The van der Waals surface area contributed by atoms with Gasteiger partial charge in [0.2, 0.25) is 0 Å². The zero-order valence-corrected chi connectivity index (χ0v) is 15.5. The van der Waals surface area contributed by atoms with E-state index in [0.29, 0.717) is 6.54 Å². The summed E-state index contributed by atoms with van der Waals surface area (Å²) in [4.78, 5) is 12.4. The summed E-state index contributed by atoms with van der Waals surface area (Å²) in [5.41, 5.74) is 3.01. The van der Waals surface area contributed by atoms with Gasteiger partial charge in [-0.1, -0.05) is 36.4 Å². The summed E-state index contributed by atoms with van der Waals surface area (Å²) >= 11 is 3.48. The summed E-state index contributed by atoms with van der Waals surface area (Å²) in [5, 5.41) is 4.92. The van der Waals surface area contributed by atoms with Gasteiger partial charge in [0, 0.05) is 10.0 Å². The van der Waals surface area contributed by atoms with Gasteiger partial charge in [-0.3, -0.25) is 4.79 Å². The van der Waals surface area contributed by atoms with Crippen molar-refractivity contribution in [3.63, 3.8) is 0 Å². The van der Waals surface area contributed by atoms with Gasteiger partial charge in [0.15, 0.2) is 18.3 Å². The molecule has 1 aromatic heterocycles. The molecule has 0 saturated heterocycles. The topological polar surface area (TPSA) is 58.9 Å². The minimum absolute atomic E-state index is 0.0524. The third-order valence-corrected chi connectivity index (χ3v) is 4.60. The van der Waals surface area contributed by atoms with Gasteiger partial charge in [-0.15, -0.1) is 0 Å². The first-order chi connectivity index (χ1) is 12.1. The van der Waals surface area contributed by atoms with Crippen LogP contribution in [-0.4, -0.2) is 12.5 Å². The number of anilines is 1. The maximum atomic E-state index is 12.4. The van der Waals surface area contributed by atoms with Crippen molar-refractivity contribution in [2.45, 2.75) is 13.0 Å². The van der Waals surface area contributed by atoms with E-state index in [0.717, 1.165) is 27.0 Å². The van der Waals surface area contributed by atoms with Crippen LogP contribution in [0.4, 0.5) is 5.69 Å². The van der Waals surface area contributed by atoms with Crippen LogP contribution in [0, 0.1) is 6.92 Å². The Kier molecular flexibility index (Phi) is 5.68. The maximum absolute atomic E-state index is 12.4. The number of nitrogens with one attached hydrogen (secondary N) is 1. The fourth-order valence-corrected chi connectivity index (χ4v) is 3.29. The Morgan fingerprint density at radius 3 is 2.64 bits per heavy atom. The first-order valence-corrected chi connectivity index (χ1v) is 8.90. The van der Waals surface area contributed by atoms with Crippen molar-refractivity contribution in [2.24, 2.45) is 0 Å². The van der Waals surface area contributed by atoms with E-state index in [9.17, 15) is 4.79 Å². The van der Waals surface area contributed by atoms with Crippen molar-refractivity contribution in [1.82, 2.24) is 0 Å². The maximum Gasteiger partial charge on any atom is 0.279 e. The lowest BCUT2D eigenvalue weighted by Gasteiger charge is -2.14. The van der Waals surface area contributed by atoms with E-state index in [-0.39, 0.29) is 11.9 Å². The van der Waals surface area contributed by atoms with Gasteiger partial charge in [-0.2, -0.15) is 0 Å². The monoisotopic (exact) mass is 399 g/mol. The third-order valence-electron chi connectivity index (χ3n) is 3.95. The summed E-state index contributed by atoms with van der Waals surface area (Å²) in [6.07, 6.45) is 1.66.